The van der Waals surface area contributed by atoms with Gasteiger partial charge in [-0.3, -0.25) is 9.78 Å². The molecule has 2 aromatic rings. The van der Waals surface area contributed by atoms with Crippen LogP contribution in [0, 0.1) is 0 Å². The Labute approximate surface area is 137 Å². The normalized spacial score (nSPS) is 9.73. The Morgan fingerprint density at radius 2 is 2.14 bits per heavy atom. The van der Waals surface area contributed by atoms with E-state index in [4.69, 9.17) is 4.74 Å². The molecule has 2 rings (SSSR count). The minimum absolute atomic E-state index is 0. The number of hydrogen-bond donors (Lipinski definition) is 1. The number of carbonyl (C=O) groups excluding carboxylic acids is 1. The number of carbonyl (C=O) groups is 1. The van der Waals surface area contributed by atoms with Crippen molar-refractivity contribution in [2.45, 2.75) is 19.8 Å². The summed E-state index contributed by atoms with van der Waals surface area (Å²) in [4.78, 5) is 15.8. The molecule has 5 heteroatoms. The smallest absolute Gasteiger partial charge is 0.252 e. The molecule has 0 atom stereocenters. The molecule has 0 aliphatic carbocycles. The van der Waals surface area contributed by atoms with Crippen LogP contribution in [0.2, 0.25) is 0 Å². The van der Waals surface area contributed by atoms with Crippen molar-refractivity contribution in [3.05, 3.63) is 59.4 Å². The molecule has 1 aromatic heterocycles. The van der Waals surface area contributed by atoms with Crippen molar-refractivity contribution in [3.8, 4) is 5.75 Å². The van der Waals surface area contributed by atoms with E-state index in [-0.39, 0.29) is 18.3 Å². The lowest BCUT2D eigenvalue weighted by Gasteiger charge is -2.10. The number of aryl methyl sites for hydroxylation is 1. The van der Waals surface area contributed by atoms with Gasteiger partial charge in [0.05, 0.1) is 12.7 Å². The molecule has 0 fully saturated rings. The van der Waals surface area contributed by atoms with E-state index >= 15 is 0 Å². The van der Waals surface area contributed by atoms with Gasteiger partial charge in [-0.05, 0) is 42.2 Å². The van der Waals surface area contributed by atoms with Crippen molar-refractivity contribution in [2.75, 3.05) is 13.7 Å². The first kappa shape index (κ1) is 18.0. The van der Waals surface area contributed by atoms with Gasteiger partial charge < -0.3 is 10.1 Å². The number of amides is 1. The molecule has 0 aliphatic rings. The Kier molecular flexibility index (Phi) is 7.40. The lowest BCUT2D eigenvalue weighted by atomic mass is 10.1. The van der Waals surface area contributed by atoms with E-state index in [1.54, 1.807) is 31.6 Å². The standard InChI is InChI=1S/C17H20N2O2.ClH/c1-3-14-11-13(6-7-16(14)21-2)8-10-19-17(20)15-5-4-9-18-12-15;/h4-7,9,11-12H,3,8,10H2,1-2H3,(H,19,20);1H. The maximum Gasteiger partial charge on any atom is 0.252 e. The Hall–Kier alpha value is -2.07. The zero-order valence-electron chi connectivity index (χ0n) is 12.8. The molecule has 1 amide bonds. The number of nitrogens with one attached hydrogen (secondary N) is 1. The molecule has 1 aromatic carbocycles. The van der Waals surface area contributed by atoms with E-state index in [9.17, 15) is 4.79 Å². The Morgan fingerprint density at radius 1 is 1.32 bits per heavy atom. The number of halogens is 1. The van der Waals surface area contributed by atoms with Crippen molar-refractivity contribution in [3.63, 3.8) is 0 Å². The third kappa shape index (κ3) is 4.74. The van der Waals surface area contributed by atoms with Crippen LogP contribution in [0.25, 0.3) is 0 Å². The third-order valence-electron chi connectivity index (χ3n) is 3.35. The van der Waals surface area contributed by atoms with Crippen LogP contribution in [0.5, 0.6) is 5.75 Å². The Bertz CT molecular complexity index is 603. The van der Waals surface area contributed by atoms with Crippen LogP contribution < -0.4 is 10.1 Å². The molecule has 0 saturated carbocycles. The minimum atomic E-state index is -0.0904. The molecule has 1 N–H and O–H groups in total. The SMILES string of the molecule is CCc1cc(CCNC(=O)c2cccnc2)ccc1OC.Cl. The van der Waals surface area contributed by atoms with Gasteiger partial charge in [-0.15, -0.1) is 12.4 Å². The van der Waals surface area contributed by atoms with Gasteiger partial charge in [-0.25, -0.2) is 0 Å². The van der Waals surface area contributed by atoms with Gasteiger partial charge in [0.1, 0.15) is 5.75 Å². The molecule has 0 unspecified atom stereocenters. The summed E-state index contributed by atoms with van der Waals surface area (Å²) in [5, 5.41) is 2.90. The maximum absolute atomic E-state index is 11.9. The number of ether oxygens (including phenoxy) is 1. The Balaban J connectivity index is 0.00000242. The highest BCUT2D eigenvalue weighted by Gasteiger charge is 2.05. The molecule has 118 valence electrons. The van der Waals surface area contributed by atoms with E-state index in [1.807, 2.05) is 12.1 Å². The van der Waals surface area contributed by atoms with Gasteiger partial charge >= 0.3 is 0 Å². The summed E-state index contributed by atoms with van der Waals surface area (Å²) in [6.07, 6.45) is 4.94. The van der Waals surface area contributed by atoms with Crippen molar-refractivity contribution >= 4 is 18.3 Å². The van der Waals surface area contributed by atoms with Crippen molar-refractivity contribution in [1.82, 2.24) is 10.3 Å². The van der Waals surface area contributed by atoms with Crippen LogP contribution in [0.3, 0.4) is 0 Å². The largest absolute Gasteiger partial charge is 0.496 e. The second kappa shape index (κ2) is 9.05. The summed E-state index contributed by atoms with van der Waals surface area (Å²) in [5.41, 5.74) is 2.97. The number of benzene rings is 1. The predicted octanol–water partition coefficient (Wildman–Crippen LogP) is 3.05. The molecule has 0 bridgehead atoms. The predicted molar refractivity (Wildman–Crippen MR) is 89.9 cm³/mol. The minimum Gasteiger partial charge on any atom is -0.496 e. The average Bonchev–Trinajstić information content (AvgIpc) is 2.55. The van der Waals surface area contributed by atoms with Crippen molar-refractivity contribution in [1.29, 1.82) is 0 Å². The zero-order chi connectivity index (χ0) is 15.1. The topological polar surface area (TPSA) is 51.2 Å². The summed E-state index contributed by atoms with van der Waals surface area (Å²) >= 11 is 0. The van der Waals surface area contributed by atoms with E-state index in [2.05, 4.69) is 23.3 Å². The molecular weight excluding hydrogens is 300 g/mol. The summed E-state index contributed by atoms with van der Waals surface area (Å²) in [5.74, 6) is 0.827. The van der Waals surface area contributed by atoms with E-state index in [1.165, 1.54) is 11.1 Å². The lowest BCUT2D eigenvalue weighted by Crippen LogP contribution is -2.25. The molecule has 0 spiro atoms. The van der Waals surface area contributed by atoms with E-state index in [0.29, 0.717) is 12.1 Å². The van der Waals surface area contributed by atoms with Crippen LogP contribution >= 0.6 is 12.4 Å². The zero-order valence-corrected chi connectivity index (χ0v) is 13.7. The van der Waals surface area contributed by atoms with Gasteiger partial charge in [0.2, 0.25) is 0 Å². The van der Waals surface area contributed by atoms with Crippen molar-refractivity contribution in [2.24, 2.45) is 0 Å². The highest BCUT2D eigenvalue weighted by atomic mass is 35.5. The maximum atomic E-state index is 11.9. The fourth-order valence-electron chi connectivity index (χ4n) is 2.18. The first-order valence-corrected chi connectivity index (χ1v) is 7.08. The van der Waals surface area contributed by atoms with Gasteiger partial charge in [0, 0.05) is 18.9 Å². The number of aromatic nitrogens is 1. The fourth-order valence-corrected chi connectivity index (χ4v) is 2.18. The van der Waals surface area contributed by atoms with Crippen LogP contribution in [0.1, 0.15) is 28.4 Å². The van der Waals surface area contributed by atoms with Gasteiger partial charge in [-0.2, -0.15) is 0 Å². The number of pyridine rings is 1. The molecule has 0 saturated heterocycles. The quantitative estimate of drug-likeness (QED) is 0.890. The molecule has 1 heterocycles. The van der Waals surface area contributed by atoms with Crippen LogP contribution in [0.15, 0.2) is 42.7 Å². The number of rotatable bonds is 6. The van der Waals surface area contributed by atoms with E-state index < -0.39 is 0 Å². The highest BCUT2D eigenvalue weighted by molar-refractivity contribution is 5.93. The number of nitrogens with zero attached hydrogens (tertiary/aromatic N) is 1. The van der Waals surface area contributed by atoms with E-state index in [0.717, 1.165) is 18.6 Å². The van der Waals surface area contributed by atoms with Crippen LogP contribution in [0.4, 0.5) is 0 Å². The first-order valence-electron chi connectivity index (χ1n) is 7.08. The summed E-state index contributed by atoms with van der Waals surface area (Å²) in [6, 6.07) is 9.66. The monoisotopic (exact) mass is 320 g/mol. The van der Waals surface area contributed by atoms with Crippen LogP contribution in [-0.4, -0.2) is 24.5 Å². The fraction of sp³-hybridized carbons (Fsp3) is 0.294. The first-order chi connectivity index (χ1) is 10.2. The molecular formula is C17H21ClN2O2. The van der Waals surface area contributed by atoms with Gasteiger partial charge in [-0.1, -0.05) is 19.1 Å². The van der Waals surface area contributed by atoms with Crippen LogP contribution in [-0.2, 0) is 12.8 Å². The summed E-state index contributed by atoms with van der Waals surface area (Å²) in [7, 11) is 1.68. The Morgan fingerprint density at radius 3 is 2.77 bits per heavy atom. The number of hydrogen-bond acceptors (Lipinski definition) is 3. The molecule has 0 aliphatic heterocycles. The van der Waals surface area contributed by atoms with Gasteiger partial charge in [0.25, 0.3) is 5.91 Å². The van der Waals surface area contributed by atoms with Crippen molar-refractivity contribution < 1.29 is 9.53 Å². The molecule has 0 radical (unpaired) electrons. The summed E-state index contributed by atoms with van der Waals surface area (Å²) < 4.78 is 5.32. The second-order valence-electron chi connectivity index (χ2n) is 4.75. The summed E-state index contributed by atoms with van der Waals surface area (Å²) in [6.45, 7) is 2.70. The van der Waals surface area contributed by atoms with Gasteiger partial charge in [0.15, 0.2) is 0 Å². The lowest BCUT2D eigenvalue weighted by molar-refractivity contribution is 0.0954. The molecule has 4 nitrogen and oxygen atoms in total. The average molecular weight is 321 g/mol. The number of methoxy groups -OCH3 is 1. The molecule has 22 heavy (non-hydrogen) atoms. The highest BCUT2D eigenvalue weighted by Crippen LogP contribution is 2.20. The third-order valence-corrected chi connectivity index (χ3v) is 3.35. The second-order valence-corrected chi connectivity index (χ2v) is 4.75.